The van der Waals surface area contributed by atoms with E-state index >= 15 is 0 Å². The minimum absolute atomic E-state index is 0.351. The Morgan fingerprint density at radius 2 is 1.81 bits per heavy atom. The van der Waals surface area contributed by atoms with Crippen LogP contribution >= 0.6 is 0 Å². The number of ether oxygens (including phenoxy) is 1. The number of hydrogen-bond acceptors (Lipinski definition) is 3. The van der Waals surface area contributed by atoms with E-state index in [0.29, 0.717) is 13.2 Å². The fraction of sp³-hybridized carbons (Fsp3) is 0.125. The molecular weight excluding hydrogens is 268 g/mol. The second kappa shape index (κ2) is 5.66. The van der Waals surface area contributed by atoms with Crippen molar-refractivity contribution in [1.82, 2.24) is 9.55 Å². The molecule has 0 saturated carbocycles. The van der Waals surface area contributed by atoms with Gasteiger partial charge in [0, 0.05) is 12.3 Å². The Kier molecular flexibility index (Phi) is 3.55. The molecular formula is C16H14N2O3. The van der Waals surface area contributed by atoms with Crippen molar-refractivity contribution in [1.29, 1.82) is 0 Å². The van der Waals surface area contributed by atoms with Crippen LogP contribution in [0, 0.1) is 0 Å². The van der Waals surface area contributed by atoms with Crippen molar-refractivity contribution in [3.05, 3.63) is 75.6 Å². The average Bonchev–Trinajstić information content (AvgIpc) is 2.49. The number of fused-ring (bicyclic) bond motifs is 1. The van der Waals surface area contributed by atoms with E-state index in [9.17, 15) is 9.59 Å². The highest BCUT2D eigenvalue weighted by molar-refractivity contribution is 5.83. The standard InChI is InChI=1S/C16H14N2O3/c19-15-7-8-18(16(20)17-15)9-10-21-14-6-5-12-3-1-2-4-13(12)11-14/h1-8,11H,9-10H2,(H,17,19,20). The van der Waals surface area contributed by atoms with Crippen molar-refractivity contribution in [2.75, 3.05) is 6.61 Å². The number of nitrogens with zero attached hydrogens (tertiary/aromatic N) is 1. The van der Waals surface area contributed by atoms with Crippen LogP contribution in [0.3, 0.4) is 0 Å². The van der Waals surface area contributed by atoms with Gasteiger partial charge in [0.2, 0.25) is 0 Å². The van der Waals surface area contributed by atoms with Gasteiger partial charge in [-0.05, 0) is 22.9 Å². The van der Waals surface area contributed by atoms with Gasteiger partial charge in [0.1, 0.15) is 12.4 Å². The summed E-state index contributed by atoms with van der Waals surface area (Å²) < 4.78 is 7.06. The molecule has 0 atom stereocenters. The molecule has 0 radical (unpaired) electrons. The van der Waals surface area contributed by atoms with Gasteiger partial charge in [0.15, 0.2) is 0 Å². The Morgan fingerprint density at radius 1 is 1.00 bits per heavy atom. The fourth-order valence-electron chi connectivity index (χ4n) is 2.14. The third-order valence-corrected chi connectivity index (χ3v) is 3.22. The third kappa shape index (κ3) is 3.02. The highest BCUT2D eigenvalue weighted by Gasteiger charge is 1.99. The van der Waals surface area contributed by atoms with Crippen LogP contribution in [-0.2, 0) is 6.54 Å². The average molecular weight is 282 g/mol. The van der Waals surface area contributed by atoms with E-state index in [4.69, 9.17) is 4.74 Å². The summed E-state index contributed by atoms with van der Waals surface area (Å²) in [6.45, 7) is 0.729. The van der Waals surface area contributed by atoms with E-state index in [2.05, 4.69) is 4.98 Å². The molecule has 0 unspecified atom stereocenters. The first-order valence-electron chi connectivity index (χ1n) is 6.64. The van der Waals surface area contributed by atoms with Crippen LogP contribution in [-0.4, -0.2) is 16.2 Å². The minimum atomic E-state index is -0.426. The first-order chi connectivity index (χ1) is 10.2. The molecule has 1 heterocycles. The minimum Gasteiger partial charge on any atom is -0.492 e. The lowest BCUT2D eigenvalue weighted by molar-refractivity contribution is 0.295. The molecule has 0 saturated heterocycles. The molecule has 3 aromatic rings. The maximum absolute atomic E-state index is 11.5. The van der Waals surface area contributed by atoms with Gasteiger partial charge in [-0.1, -0.05) is 30.3 Å². The topological polar surface area (TPSA) is 64.1 Å². The van der Waals surface area contributed by atoms with Crippen molar-refractivity contribution < 1.29 is 4.74 Å². The van der Waals surface area contributed by atoms with Gasteiger partial charge in [0.05, 0.1) is 6.54 Å². The lowest BCUT2D eigenvalue weighted by Gasteiger charge is -2.08. The molecule has 1 N–H and O–H groups in total. The Bertz CT molecular complexity index is 880. The second-order valence-corrected chi connectivity index (χ2v) is 4.66. The summed E-state index contributed by atoms with van der Waals surface area (Å²) in [5.74, 6) is 0.756. The molecule has 3 rings (SSSR count). The number of H-pyrrole nitrogens is 1. The zero-order valence-corrected chi connectivity index (χ0v) is 11.3. The number of benzene rings is 2. The lowest BCUT2D eigenvalue weighted by Crippen LogP contribution is -2.30. The largest absolute Gasteiger partial charge is 0.492 e. The van der Waals surface area contributed by atoms with Crippen LogP contribution in [0.2, 0.25) is 0 Å². The van der Waals surface area contributed by atoms with E-state index in [1.807, 2.05) is 42.5 Å². The fourth-order valence-corrected chi connectivity index (χ4v) is 2.14. The summed E-state index contributed by atoms with van der Waals surface area (Å²) >= 11 is 0. The van der Waals surface area contributed by atoms with Crippen LogP contribution in [0.25, 0.3) is 10.8 Å². The third-order valence-electron chi connectivity index (χ3n) is 3.22. The Labute approximate surface area is 120 Å². The molecule has 0 aliphatic rings. The van der Waals surface area contributed by atoms with E-state index in [-0.39, 0.29) is 0 Å². The van der Waals surface area contributed by atoms with Gasteiger partial charge in [-0.15, -0.1) is 0 Å². The van der Waals surface area contributed by atoms with Gasteiger partial charge in [-0.3, -0.25) is 14.3 Å². The molecule has 1 aromatic heterocycles. The van der Waals surface area contributed by atoms with Crippen molar-refractivity contribution in [3.8, 4) is 5.75 Å². The molecule has 0 aliphatic carbocycles. The van der Waals surface area contributed by atoms with Gasteiger partial charge in [0.25, 0.3) is 5.56 Å². The predicted molar refractivity (Wildman–Crippen MR) is 80.8 cm³/mol. The number of nitrogens with one attached hydrogen (secondary N) is 1. The van der Waals surface area contributed by atoms with Crippen LogP contribution in [0.15, 0.2) is 64.3 Å². The monoisotopic (exact) mass is 282 g/mol. The first-order valence-corrected chi connectivity index (χ1v) is 6.64. The first kappa shape index (κ1) is 13.2. The van der Waals surface area contributed by atoms with E-state index in [0.717, 1.165) is 16.5 Å². The van der Waals surface area contributed by atoms with Crippen molar-refractivity contribution in [2.45, 2.75) is 6.54 Å². The van der Waals surface area contributed by atoms with Gasteiger partial charge in [-0.25, -0.2) is 4.79 Å². The molecule has 2 aromatic carbocycles. The van der Waals surface area contributed by atoms with Crippen molar-refractivity contribution >= 4 is 10.8 Å². The Morgan fingerprint density at radius 3 is 2.62 bits per heavy atom. The Hall–Kier alpha value is -2.82. The van der Waals surface area contributed by atoms with Crippen LogP contribution < -0.4 is 16.0 Å². The molecule has 0 fully saturated rings. The number of rotatable bonds is 4. The van der Waals surface area contributed by atoms with Gasteiger partial charge >= 0.3 is 5.69 Å². The van der Waals surface area contributed by atoms with E-state index in [1.165, 1.54) is 16.8 Å². The summed E-state index contributed by atoms with van der Waals surface area (Å²) in [5.41, 5.74) is -0.823. The van der Waals surface area contributed by atoms with Crippen molar-refractivity contribution in [2.24, 2.45) is 0 Å². The van der Waals surface area contributed by atoms with Crippen LogP contribution in [0.1, 0.15) is 0 Å². The SMILES string of the molecule is O=c1ccn(CCOc2ccc3ccccc3c2)c(=O)[nH]1. The normalized spacial score (nSPS) is 10.7. The molecule has 0 aliphatic heterocycles. The number of aromatic nitrogens is 2. The Balaban J connectivity index is 1.69. The van der Waals surface area contributed by atoms with E-state index < -0.39 is 11.2 Å². The zero-order valence-electron chi connectivity index (χ0n) is 11.3. The zero-order chi connectivity index (χ0) is 14.7. The molecule has 21 heavy (non-hydrogen) atoms. The molecule has 106 valence electrons. The van der Waals surface area contributed by atoms with Gasteiger partial charge < -0.3 is 4.74 Å². The van der Waals surface area contributed by atoms with Gasteiger partial charge in [-0.2, -0.15) is 0 Å². The predicted octanol–water partition coefficient (Wildman–Crippen LogP) is 1.77. The number of hydrogen-bond donors (Lipinski definition) is 1. The molecule has 0 spiro atoms. The molecule has 0 amide bonds. The molecule has 0 bridgehead atoms. The maximum atomic E-state index is 11.5. The summed E-state index contributed by atoms with van der Waals surface area (Å²) in [6, 6.07) is 15.2. The van der Waals surface area contributed by atoms with Crippen LogP contribution in [0.4, 0.5) is 0 Å². The van der Waals surface area contributed by atoms with Crippen molar-refractivity contribution in [3.63, 3.8) is 0 Å². The second-order valence-electron chi connectivity index (χ2n) is 4.66. The summed E-state index contributed by atoms with van der Waals surface area (Å²) in [5, 5.41) is 2.26. The summed E-state index contributed by atoms with van der Waals surface area (Å²) in [7, 11) is 0. The number of aromatic amines is 1. The highest BCUT2D eigenvalue weighted by atomic mass is 16.5. The highest BCUT2D eigenvalue weighted by Crippen LogP contribution is 2.20. The lowest BCUT2D eigenvalue weighted by atomic mass is 10.1. The quantitative estimate of drug-likeness (QED) is 0.793. The van der Waals surface area contributed by atoms with E-state index in [1.54, 1.807) is 0 Å². The molecule has 5 nitrogen and oxygen atoms in total. The summed E-state index contributed by atoms with van der Waals surface area (Å²) in [4.78, 5) is 24.7. The van der Waals surface area contributed by atoms with Crippen LogP contribution in [0.5, 0.6) is 5.75 Å². The molecule has 5 heteroatoms. The summed E-state index contributed by atoms with van der Waals surface area (Å²) in [6.07, 6.45) is 1.46. The maximum Gasteiger partial charge on any atom is 0.328 e. The smallest absolute Gasteiger partial charge is 0.328 e.